The van der Waals surface area contributed by atoms with Gasteiger partial charge in [0.1, 0.15) is 0 Å². The Hall–Kier alpha value is -0.990. The second-order valence-electron chi connectivity index (χ2n) is 2.77. The van der Waals surface area contributed by atoms with Gasteiger partial charge in [-0.3, -0.25) is 4.79 Å². The molecular weight excluding hydrogens is 156 g/mol. The summed E-state index contributed by atoms with van der Waals surface area (Å²) in [5.41, 5.74) is 0. The van der Waals surface area contributed by atoms with Crippen LogP contribution in [0.4, 0.5) is 0 Å². The molecule has 0 N–H and O–H groups in total. The molecule has 12 heavy (non-hydrogen) atoms. The third kappa shape index (κ3) is 2.95. The number of hydrogen-bond donors (Lipinski definition) is 0. The van der Waals surface area contributed by atoms with Crippen LogP contribution < -0.4 is 0 Å². The van der Waals surface area contributed by atoms with Crippen molar-refractivity contribution in [1.82, 2.24) is 0 Å². The van der Waals surface area contributed by atoms with Crippen LogP contribution in [0.3, 0.4) is 0 Å². The third-order valence-electron chi connectivity index (χ3n) is 1.78. The lowest BCUT2D eigenvalue weighted by Gasteiger charge is -2.05. The first kappa shape index (κ1) is 9.10. The van der Waals surface area contributed by atoms with E-state index in [4.69, 9.17) is 9.47 Å². The van der Waals surface area contributed by atoms with Crippen molar-refractivity contribution in [2.24, 2.45) is 5.92 Å². The summed E-state index contributed by atoms with van der Waals surface area (Å²) in [4.78, 5) is 10.9. The summed E-state index contributed by atoms with van der Waals surface area (Å²) < 4.78 is 9.81. The molecule has 0 amide bonds. The number of ether oxygens (including phenoxy) is 2. The van der Waals surface area contributed by atoms with Crippen LogP contribution in [0, 0.1) is 5.92 Å². The van der Waals surface area contributed by atoms with Crippen LogP contribution in [-0.4, -0.2) is 19.2 Å². The molecule has 0 fully saturated rings. The first-order valence-electron chi connectivity index (χ1n) is 4.27. The normalized spacial score (nSPS) is 20.6. The fourth-order valence-electron chi connectivity index (χ4n) is 1.12. The molecule has 0 aromatic heterocycles. The topological polar surface area (TPSA) is 35.5 Å². The molecule has 1 unspecified atom stereocenters. The lowest BCUT2D eigenvalue weighted by atomic mass is 10.1. The van der Waals surface area contributed by atoms with Crippen LogP contribution in [-0.2, 0) is 14.3 Å². The zero-order chi connectivity index (χ0) is 8.81. The quantitative estimate of drug-likeness (QED) is 0.599. The number of carbonyl (C=O) groups excluding carboxylic acids is 1. The fraction of sp³-hybridized carbons (Fsp3) is 0.667. The zero-order valence-electron chi connectivity index (χ0n) is 7.29. The molecule has 1 aliphatic heterocycles. The molecule has 1 atom stereocenters. The van der Waals surface area contributed by atoms with Crippen molar-refractivity contribution < 1.29 is 14.3 Å². The molecule has 0 saturated heterocycles. The predicted molar refractivity (Wildman–Crippen MR) is 44.4 cm³/mol. The molecule has 1 aliphatic rings. The Morgan fingerprint density at radius 3 is 3.17 bits per heavy atom. The Morgan fingerprint density at radius 1 is 1.75 bits per heavy atom. The highest BCUT2D eigenvalue weighted by Gasteiger charge is 2.12. The second kappa shape index (κ2) is 4.80. The highest BCUT2D eigenvalue weighted by atomic mass is 16.5. The molecule has 0 bridgehead atoms. The van der Waals surface area contributed by atoms with E-state index in [1.54, 1.807) is 6.26 Å². The van der Waals surface area contributed by atoms with Crippen molar-refractivity contribution in [1.29, 1.82) is 0 Å². The van der Waals surface area contributed by atoms with E-state index < -0.39 is 0 Å². The van der Waals surface area contributed by atoms with Crippen molar-refractivity contribution in [3.8, 4) is 0 Å². The summed E-state index contributed by atoms with van der Waals surface area (Å²) in [6.45, 7) is 2.99. The lowest BCUT2D eigenvalue weighted by Crippen LogP contribution is -2.07. The average Bonchev–Trinajstić information content (AvgIpc) is 2.53. The molecule has 1 heterocycles. The Bertz CT molecular complexity index is 175. The molecule has 1 rings (SSSR count). The molecule has 0 aromatic rings. The summed E-state index contributed by atoms with van der Waals surface area (Å²) in [5.74, 6) is 0.284. The monoisotopic (exact) mass is 170 g/mol. The van der Waals surface area contributed by atoms with Crippen molar-refractivity contribution >= 4 is 5.97 Å². The predicted octanol–water partition coefficient (Wildman–Crippen LogP) is 1.49. The summed E-state index contributed by atoms with van der Waals surface area (Å²) in [7, 11) is 0. The van der Waals surface area contributed by atoms with Gasteiger partial charge in [-0.1, -0.05) is 0 Å². The van der Waals surface area contributed by atoms with Crippen molar-refractivity contribution in [3.05, 3.63) is 12.3 Å². The number of rotatable bonds is 4. The van der Waals surface area contributed by atoms with Gasteiger partial charge in [0.05, 0.1) is 19.5 Å². The smallest absolute Gasteiger partial charge is 0.305 e. The molecule has 0 aliphatic carbocycles. The zero-order valence-corrected chi connectivity index (χ0v) is 7.29. The first-order chi connectivity index (χ1) is 5.83. The SMILES string of the molecule is CCOC(=O)CCC1C=COC1. The summed E-state index contributed by atoms with van der Waals surface area (Å²) in [5, 5.41) is 0. The van der Waals surface area contributed by atoms with Crippen molar-refractivity contribution in [2.45, 2.75) is 19.8 Å². The van der Waals surface area contributed by atoms with E-state index in [1.165, 1.54) is 0 Å². The van der Waals surface area contributed by atoms with Gasteiger partial charge in [0.25, 0.3) is 0 Å². The van der Waals surface area contributed by atoms with Crippen LogP contribution >= 0.6 is 0 Å². The van der Waals surface area contributed by atoms with Crippen LogP contribution in [0.5, 0.6) is 0 Å². The average molecular weight is 170 g/mol. The van der Waals surface area contributed by atoms with Gasteiger partial charge in [-0.05, 0) is 19.4 Å². The Kier molecular flexibility index (Phi) is 3.64. The first-order valence-corrected chi connectivity index (χ1v) is 4.27. The van der Waals surface area contributed by atoms with Gasteiger partial charge in [-0.25, -0.2) is 0 Å². The third-order valence-corrected chi connectivity index (χ3v) is 1.78. The maximum Gasteiger partial charge on any atom is 0.305 e. The molecule has 0 aromatic carbocycles. The standard InChI is InChI=1S/C9H14O3/c1-2-12-9(10)4-3-8-5-6-11-7-8/h5-6,8H,2-4,7H2,1H3. The number of hydrogen-bond acceptors (Lipinski definition) is 3. The van der Waals surface area contributed by atoms with Gasteiger partial charge in [-0.2, -0.15) is 0 Å². The van der Waals surface area contributed by atoms with E-state index in [9.17, 15) is 4.79 Å². The fourth-order valence-corrected chi connectivity index (χ4v) is 1.12. The molecule has 68 valence electrons. The van der Waals surface area contributed by atoms with Gasteiger partial charge >= 0.3 is 5.97 Å². The van der Waals surface area contributed by atoms with E-state index in [0.29, 0.717) is 25.6 Å². The van der Waals surface area contributed by atoms with Crippen molar-refractivity contribution in [2.75, 3.05) is 13.2 Å². The minimum atomic E-state index is -0.113. The van der Waals surface area contributed by atoms with Crippen molar-refractivity contribution in [3.63, 3.8) is 0 Å². The van der Waals surface area contributed by atoms with Gasteiger partial charge in [-0.15, -0.1) is 0 Å². The minimum absolute atomic E-state index is 0.113. The highest BCUT2D eigenvalue weighted by molar-refractivity contribution is 5.69. The molecule has 3 heteroatoms. The van der Waals surface area contributed by atoms with E-state index in [-0.39, 0.29) is 5.97 Å². The maximum atomic E-state index is 10.9. The van der Waals surface area contributed by atoms with Crippen LogP contribution in [0.2, 0.25) is 0 Å². The minimum Gasteiger partial charge on any atom is -0.501 e. The molecule has 0 spiro atoms. The second-order valence-corrected chi connectivity index (χ2v) is 2.77. The van der Waals surface area contributed by atoms with Crippen LogP contribution in [0.25, 0.3) is 0 Å². The van der Waals surface area contributed by atoms with Crippen LogP contribution in [0.15, 0.2) is 12.3 Å². The lowest BCUT2D eigenvalue weighted by molar-refractivity contribution is -0.143. The van der Waals surface area contributed by atoms with Gasteiger partial charge in [0, 0.05) is 12.3 Å². The number of carbonyl (C=O) groups is 1. The van der Waals surface area contributed by atoms with Crippen LogP contribution in [0.1, 0.15) is 19.8 Å². The van der Waals surface area contributed by atoms with Gasteiger partial charge in [0.15, 0.2) is 0 Å². The molecule has 0 radical (unpaired) electrons. The maximum absolute atomic E-state index is 10.9. The Labute approximate surface area is 72.4 Å². The summed E-state index contributed by atoms with van der Waals surface area (Å²) in [6, 6.07) is 0. The molecule has 0 saturated carbocycles. The largest absolute Gasteiger partial charge is 0.501 e. The highest BCUT2D eigenvalue weighted by Crippen LogP contribution is 2.14. The van der Waals surface area contributed by atoms with E-state index >= 15 is 0 Å². The summed E-state index contributed by atoms with van der Waals surface area (Å²) >= 11 is 0. The Morgan fingerprint density at radius 2 is 2.58 bits per heavy atom. The summed E-state index contributed by atoms with van der Waals surface area (Å²) in [6.07, 6.45) is 5.00. The van der Waals surface area contributed by atoms with Gasteiger partial charge < -0.3 is 9.47 Å². The molecule has 3 nitrogen and oxygen atoms in total. The van der Waals surface area contributed by atoms with E-state index in [2.05, 4.69) is 0 Å². The number of esters is 1. The van der Waals surface area contributed by atoms with E-state index in [0.717, 1.165) is 6.42 Å². The molecular formula is C9H14O3. The van der Waals surface area contributed by atoms with E-state index in [1.807, 2.05) is 13.0 Å². The van der Waals surface area contributed by atoms with Gasteiger partial charge in [0.2, 0.25) is 0 Å². The Balaban J connectivity index is 2.08.